The molecular weight excluding hydrogens is 184 g/mol. The van der Waals surface area contributed by atoms with Gasteiger partial charge in [0.05, 0.1) is 0 Å². The van der Waals surface area contributed by atoms with E-state index in [9.17, 15) is 9.59 Å². The van der Waals surface area contributed by atoms with Crippen molar-refractivity contribution in [1.29, 1.82) is 0 Å². The molecule has 0 aromatic carbocycles. The van der Waals surface area contributed by atoms with E-state index in [1.54, 1.807) is 6.92 Å². The molecule has 0 heterocycles. The van der Waals surface area contributed by atoms with E-state index in [1.165, 1.54) is 0 Å². The second-order valence-corrected chi connectivity index (χ2v) is 3.45. The van der Waals surface area contributed by atoms with E-state index in [0.29, 0.717) is 12.8 Å². The minimum Gasteiger partial charge on any atom is -0.480 e. The van der Waals surface area contributed by atoms with Crippen LogP contribution in [0.3, 0.4) is 0 Å². The summed E-state index contributed by atoms with van der Waals surface area (Å²) in [7, 11) is 0. The Hall–Kier alpha value is -1.06. The second-order valence-electron chi connectivity index (χ2n) is 3.45. The van der Waals surface area contributed by atoms with Crippen molar-refractivity contribution in [3.63, 3.8) is 0 Å². The molecule has 0 amide bonds. The molecule has 0 saturated heterocycles. The SMILES string of the molecule is CCC(CC)C(CC)(C(=O)O)C(=O)O. The number of hydrogen-bond donors (Lipinski definition) is 2. The first-order valence-corrected chi connectivity index (χ1v) is 4.94. The summed E-state index contributed by atoms with van der Waals surface area (Å²) in [6.07, 6.45) is 1.27. The largest absolute Gasteiger partial charge is 0.480 e. The molecular formula is C10H18O4. The first-order chi connectivity index (χ1) is 6.47. The summed E-state index contributed by atoms with van der Waals surface area (Å²) in [5.41, 5.74) is -1.61. The zero-order valence-electron chi connectivity index (χ0n) is 8.91. The predicted octanol–water partition coefficient (Wildman–Crippen LogP) is 1.99. The van der Waals surface area contributed by atoms with Crippen molar-refractivity contribution in [2.45, 2.75) is 40.0 Å². The van der Waals surface area contributed by atoms with Crippen molar-refractivity contribution in [1.82, 2.24) is 0 Å². The van der Waals surface area contributed by atoms with Gasteiger partial charge in [0.25, 0.3) is 0 Å². The Bertz CT molecular complexity index is 204. The lowest BCUT2D eigenvalue weighted by molar-refractivity contribution is -0.170. The molecule has 0 aliphatic heterocycles. The average Bonchev–Trinajstić information content (AvgIpc) is 2.12. The van der Waals surface area contributed by atoms with Crippen molar-refractivity contribution in [3.05, 3.63) is 0 Å². The van der Waals surface area contributed by atoms with Crippen molar-refractivity contribution < 1.29 is 19.8 Å². The fourth-order valence-electron chi connectivity index (χ4n) is 2.02. The van der Waals surface area contributed by atoms with Crippen LogP contribution < -0.4 is 0 Å². The van der Waals surface area contributed by atoms with Gasteiger partial charge in [-0.25, -0.2) is 0 Å². The van der Waals surface area contributed by atoms with Gasteiger partial charge >= 0.3 is 11.9 Å². The Morgan fingerprint density at radius 1 is 1.07 bits per heavy atom. The van der Waals surface area contributed by atoms with Gasteiger partial charge in [0.2, 0.25) is 0 Å². The standard InChI is InChI=1S/C10H18O4/c1-4-7(5-2)10(6-3,8(11)12)9(13)14/h7H,4-6H2,1-3H3,(H,11,12)(H,13,14). The number of carbonyl (C=O) groups is 2. The third kappa shape index (κ3) is 1.89. The summed E-state index contributed by atoms with van der Waals surface area (Å²) >= 11 is 0. The minimum absolute atomic E-state index is 0.129. The van der Waals surface area contributed by atoms with Crippen LogP contribution in [0.2, 0.25) is 0 Å². The number of carboxylic acids is 2. The summed E-state index contributed by atoms with van der Waals surface area (Å²) in [6, 6.07) is 0. The van der Waals surface area contributed by atoms with E-state index in [-0.39, 0.29) is 12.3 Å². The molecule has 0 aromatic rings. The molecule has 0 aliphatic rings. The van der Waals surface area contributed by atoms with E-state index < -0.39 is 17.4 Å². The van der Waals surface area contributed by atoms with Gasteiger partial charge in [0.15, 0.2) is 5.41 Å². The Kier molecular flexibility index (Phi) is 4.60. The smallest absolute Gasteiger partial charge is 0.321 e. The first kappa shape index (κ1) is 12.9. The van der Waals surface area contributed by atoms with Crippen LogP contribution in [-0.2, 0) is 9.59 Å². The predicted molar refractivity (Wildman–Crippen MR) is 52.1 cm³/mol. The van der Waals surface area contributed by atoms with Crippen LogP contribution in [0.5, 0.6) is 0 Å². The highest BCUT2D eigenvalue weighted by Crippen LogP contribution is 2.36. The molecule has 0 spiro atoms. The highest BCUT2D eigenvalue weighted by Gasteiger charge is 2.49. The topological polar surface area (TPSA) is 74.6 Å². The highest BCUT2D eigenvalue weighted by molar-refractivity contribution is 5.98. The summed E-state index contributed by atoms with van der Waals surface area (Å²) in [5, 5.41) is 18.1. The van der Waals surface area contributed by atoms with Gasteiger partial charge in [-0.1, -0.05) is 33.6 Å². The Morgan fingerprint density at radius 3 is 1.50 bits per heavy atom. The monoisotopic (exact) mass is 202 g/mol. The molecule has 0 unspecified atom stereocenters. The summed E-state index contributed by atoms with van der Waals surface area (Å²) in [4.78, 5) is 22.1. The maximum Gasteiger partial charge on any atom is 0.321 e. The maximum absolute atomic E-state index is 11.1. The van der Waals surface area contributed by atoms with Crippen LogP contribution in [0.1, 0.15) is 40.0 Å². The van der Waals surface area contributed by atoms with Gasteiger partial charge in [-0.05, 0) is 12.3 Å². The van der Waals surface area contributed by atoms with Crippen LogP contribution >= 0.6 is 0 Å². The molecule has 0 rings (SSSR count). The summed E-state index contributed by atoms with van der Waals surface area (Å²) in [6.45, 7) is 5.26. The molecule has 4 nitrogen and oxygen atoms in total. The molecule has 0 aromatic heterocycles. The molecule has 14 heavy (non-hydrogen) atoms. The van der Waals surface area contributed by atoms with Crippen molar-refractivity contribution in [2.24, 2.45) is 11.3 Å². The van der Waals surface area contributed by atoms with Crippen LogP contribution in [0.15, 0.2) is 0 Å². The molecule has 2 N–H and O–H groups in total. The Balaban J connectivity index is 5.22. The molecule has 0 atom stereocenters. The minimum atomic E-state index is -1.61. The normalized spacial score (nSPS) is 11.7. The van der Waals surface area contributed by atoms with Crippen LogP contribution in [-0.4, -0.2) is 22.2 Å². The second kappa shape index (κ2) is 4.98. The lowest BCUT2D eigenvalue weighted by Gasteiger charge is -2.31. The van der Waals surface area contributed by atoms with Gasteiger partial charge in [-0.15, -0.1) is 0 Å². The van der Waals surface area contributed by atoms with Crippen LogP contribution in [0.4, 0.5) is 0 Å². The summed E-state index contributed by atoms with van der Waals surface area (Å²) in [5.74, 6) is -2.75. The van der Waals surface area contributed by atoms with Crippen molar-refractivity contribution in [3.8, 4) is 0 Å². The van der Waals surface area contributed by atoms with E-state index >= 15 is 0 Å². The zero-order chi connectivity index (χ0) is 11.4. The highest BCUT2D eigenvalue weighted by atomic mass is 16.4. The molecule has 4 heteroatoms. The fourth-order valence-corrected chi connectivity index (χ4v) is 2.02. The van der Waals surface area contributed by atoms with Gasteiger partial charge in [0, 0.05) is 0 Å². The molecule has 0 aliphatic carbocycles. The van der Waals surface area contributed by atoms with Gasteiger partial charge < -0.3 is 10.2 Å². The van der Waals surface area contributed by atoms with E-state index in [1.807, 2.05) is 13.8 Å². The molecule has 0 radical (unpaired) electrons. The molecule has 0 saturated carbocycles. The number of rotatable bonds is 6. The van der Waals surface area contributed by atoms with Crippen LogP contribution in [0.25, 0.3) is 0 Å². The fraction of sp³-hybridized carbons (Fsp3) is 0.800. The number of hydrogen-bond acceptors (Lipinski definition) is 2. The number of aliphatic carboxylic acids is 2. The van der Waals surface area contributed by atoms with E-state index in [0.717, 1.165) is 0 Å². The quantitative estimate of drug-likeness (QED) is 0.646. The average molecular weight is 202 g/mol. The van der Waals surface area contributed by atoms with Gasteiger partial charge in [-0.3, -0.25) is 9.59 Å². The van der Waals surface area contributed by atoms with Gasteiger partial charge in [-0.2, -0.15) is 0 Å². The molecule has 0 bridgehead atoms. The maximum atomic E-state index is 11.1. The van der Waals surface area contributed by atoms with Crippen molar-refractivity contribution in [2.75, 3.05) is 0 Å². The first-order valence-electron chi connectivity index (χ1n) is 4.94. The van der Waals surface area contributed by atoms with E-state index in [4.69, 9.17) is 10.2 Å². The third-order valence-corrected chi connectivity index (χ3v) is 3.00. The molecule has 82 valence electrons. The summed E-state index contributed by atoms with van der Waals surface area (Å²) < 4.78 is 0. The van der Waals surface area contributed by atoms with E-state index in [2.05, 4.69) is 0 Å². The van der Waals surface area contributed by atoms with Crippen LogP contribution in [0, 0.1) is 11.3 Å². The Labute approximate surface area is 83.9 Å². The lowest BCUT2D eigenvalue weighted by atomic mass is 9.71. The zero-order valence-corrected chi connectivity index (χ0v) is 8.91. The lowest BCUT2D eigenvalue weighted by Crippen LogP contribution is -2.45. The molecule has 0 fully saturated rings. The van der Waals surface area contributed by atoms with Gasteiger partial charge in [0.1, 0.15) is 0 Å². The third-order valence-electron chi connectivity index (χ3n) is 3.00. The number of carboxylic acid groups (broad SMARTS) is 2. The Morgan fingerprint density at radius 2 is 1.43 bits per heavy atom. The van der Waals surface area contributed by atoms with Crippen molar-refractivity contribution >= 4 is 11.9 Å².